The number of rotatable bonds is 4. The maximum Gasteiger partial charge on any atom is 0.410 e. The van der Waals surface area contributed by atoms with Crippen LogP contribution in [0.15, 0.2) is 24.3 Å². The lowest BCUT2D eigenvalue weighted by Crippen LogP contribution is -2.39. The van der Waals surface area contributed by atoms with E-state index in [4.69, 9.17) is 14.2 Å². The van der Waals surface area contributed by atoms with E-state index >= 15 is 0 Å². The number of hydrogen-bond acceptors (Lipinski definition) is 5. The molecular formula is C21H30N2O5. The largest absolute Gasteiger partial charge is 0.497 e. The highest BCUT2D eigenvalue weighted by atomic mass is 16.6. The zero-order chi connectivity index (χ0) is 20.7. The summed E-state index contributed by atoms with van der Waals surface area (Å²) in [5.74, 6) is 1.25. The summed E-state index contributed by atoms with van der Waals surface area (Å²) in [6.07, 6.45) is 3.63. The third-order valence-electron chi connectivity index (χ3n) is 4.30. The number of amides is 2. The number of methoxy groups -OCH3 is 2. The summed E-state index contributed by atoms with van der Waals surface area (Å²) in [7, 11) is 3.18. The summed E-state index contributed by atoms with van der Waals surface area (Å²) in [6, 6.07) is 5.42. The molecular weight excluding hydrogens is 360 g/mol. The molecule has 1 aliphatic rings. The molecule has 0 saturated carbocycles. The van der Waals surface area contributed by atoms with Crippen LogP contribution in [-0.2, 0) is 9.53 Å². The first kappa shape index (κ1) is 21.6. The van der Waals surface area contributed by atoms with E-state index in [1.807, 2.05) is 26.8 Å². The number of ether oxygens (including phenoxy) is 3. The van der Waals surface area contributed by atoms with Gasteiger partial charge in [0.2, 0.25) is 5.91 Å². The van der Waals surface area contributed by atoms with Crippen LogP contribution in [-0.4, -0.2) is 67.8 Å². The smallest absolute Gasteiger partial charge is 0.410 e. The van der Waals surface area contributed by atoms with Gasteiger partial charge in [-0.3, -0.25) is 4.79 Å². The van der Waals surface area contributed by atoms with Crippen molar-refractivity contribution in [1.29, 1.82) is 0 Å². The molecule has 7 heteroatoms. The quantitative estimate of drug-likeness (QED) is 0.739. The summed E-state index contributed by atoms with van der Waals surface area (Å²) in [5, 5.41) is 0. The Balaban J connectivity index is 2.00. The van der Waals surface area contributed by atoms with E-state index in [0.29, 0.717) is 44.1 Å². The first-order valence-electron chi connectivity index (χ1n) is 9.40. The third-order valence-corrected chi connectivity index (χ3v) is 4.30. The summed E-state index contributed by atoms with van der Waals surface area (Å²) < 4.78 is 16.0. The molecule has 0 bridgehead atoms. The SMILES string of the molecule is COc1ccc(OC)c(/C=C/C(=O)N2CCCN(C(=O)OC(C)(C)C)CC2)c1. The van der Waals surface area contributed by atoms with E-state index in [-0.39, 0.29) is 12.0 Å². The van der Waals surface area contributed by atoms with Crippen molar-refractivity contribution in [2.75, 3.05) is 40.4 Å². The summed E-state index contributed by atoms with van der Waals surface area (Å²) in [4.78, 5) is 28.3. The lowest BCUT2D eigenvalue weighted by atomic mass is 10.1. The van der Waals surface area contributed by atoms with Gasteiger partial charge in [-0.2, -0.15) is 0 Å². The minimum atomic E-state index is -0.530. The lowest BCUT2D eigenvalue weighted by Gasteiger charge is -2.26. The van der Waals surface area contributed by atoms with Gasteiger partial charge in [-0.05, 0) is 51.5 Å². The summed E-state index contributed by atoms with van der Waals surface area (Å²) >= 11 is 0. The van der Waals surface area contributed by atoms with E-state index in [1.54, 1.807) is 42.2 Å². The number of hydrogen-bond donors (Lipinski definition) is 0. The summed E-state index contributed by atoms with van der Waals surface area (Å²) in [5.41, 5.74) is 0.234. The number of carbonyl (C=O) groups is 2. The topological polar surface area (TPSA) is 68.3 Å². The van der Waals surface area contributed by atoms with Gasteiger partial charge < -0.3 is 24.0 Å². The van der Waals surface area contributed by atoms with Crippen molar-refractivity contribution < 1.29 is 23.8 Å². The molecule has 154 valence electrons. The lowest BCUT2D eigenvalue weighted by molar-refractivity contribution is -0.125. The second kappa shape index (κ2) is 9.48. The molecule has 0 unspecified atom stereocenters. The molecule has 1 saturated heterocycles. The molecule has 1 heterocycles. The first-order valence-corrected chi connectivity index (χ1v) is 9.40. The van der Waals surface area contributed by atoms with Crippen LogP contribution >= 0.6 is 0 Å². The standard InChI is InChI=1S/C21H30N2O5/c1-21(2,3)28-20(25)23-12-6-11-22(13-14-23)19(24)10-7-16-15-17(26-4)8-9-18(16)27-5/h7-10,15H,6,11-14H2,1-5H3/b10-7+. The molecule has 1 aliphatic heterocycles. The summed E-state index contributed by atoms with van der Waals surface area (Å²) in [6.45, 7) is 7.63. The van der Waals surface area contributed by atoms with E-state index in [9.17, 15) is 9.59 Å². The fraction of sp³-hybridized carbons (Fsp3) is 0.524. The van der Waals surface area contributed by atoms with Gasteiger partial charge in [0.15, 0.2) is 0 Å². The maximum atomic E-state index is 12.6. The minimum absolute atomic E-state index is 0.101. The highest BCUT2D eigenvalue weighted by Crippen LogP contribution is 2.25. The zero-order valence-corrected chi connectivity index (χ0v) is 17.4. The Hall–Kier alpha value is -2.70. The van der Waals surface area contributed by atoms with Gasteiger partial charge >= 0.3 is 6.09 Å². The van der Waals surface area contributed by atoms with Crippen LogP contribution in [0.1, 0.15) is 32.8 Å². The highest BCUT2D eigenvalue weighted by molar-refractivity contribution is 5.92. The van der Waals surface area contributed by atoms with Crippen molar-refractivity contribution in [1.82, 2.24) is 9.80 Å². The van der Waals surface area contributed by atoms with Crippen LogP contribution in [0.4, 0.5) is 4.79 Å². The van der Waals surface area contributed by atoms with E-state index < -0.39 is 5.60 Å². The maximum absolute atomic E-state index is 12.6. The third kappa shape index (κ3) is 6.18. The fourth-order valence-corrected chi connectivity index (χ4v) is 2.88. The van der Waals surface area contributed by atoms with Gasteiger partial charge in [-0.15, -0.1) is 0 Å². The molecule has 0 N–H and O–H groups in total. The Labute approximate surface area is 166 Å². The van der Waals surface area contributed by atoms with Crippen molar-refractivity contribution in [2.24, 2.45) is 0 Å². The Morgan fingerprint density at radius 3 is 2.32 bits per heavy atom. The number of benzene rings is 1. The predicted octanol–water partition coefficient (Wildman–Crippen LogP) is 3.19. The van der Waals surface area contributed by atoms with Crippen molar-refractivity contribution in [3.05, 3.63) is 29.8 Å². The minimum Gasteiger partial charge on any atom is -0.497 e. The van der Waals surface area contributed by atoms with Crippen molar-refractivity contribution in [3.63, 3.8) is 0 Å². The molecule has 0 aromatic heterocycles. The Bertz CT molecular complexity index is 724. The van der Waals surface area contributed by atoms with Crippen molar-refractivity contribution >= 4 is 18.1 Å². The first-order chi connectivity index (χ1) is 13.2. The van der Waals surface area contributed by atoms with Gasteiger partial charge in [-0.25, -0.2) is 4.79 Å². The van der Waals surface area contributed by atoms with Crippen LogP contribution in [0, 0.1) is 0 Å². The second-order valence-corrected chi connectivity index (χ2v) is 7.59. The average molecular weight is 390 g/mol. The van der Waals surface area contributed by atoms with Crippen LogP contribution < -0.4 is 9.47 Å². The van der Waals surface area contributed by atoms with E-state index in [2.05, 4.69) is 0 Å². The van der Waals surface area contributed by atoms with Crippen LogP contribution in [0.25, 0.3) is 6.08 Å². The molecule has 0 spiro atoms. The van der Waals surface area contributed by atoms with E-state index in [1.165, 1.54) is 6.08 Å². The normalized spacial score (nSPS) is 15.3. The van der Waals surface area contributed by atoms with Crippen LogP contribution in [0.5, 0.6) is 11.5 Å². The molecule has 1 fully saturated rings. The molecule has 0 aliphatic carbocycles. The molecule has 1 aromatic rings. The Morgan fingerprint density at radius 2 is 1.68 bits per heavy atom. The highest BCUT2D eigenvalue weighted by Gasteiger charge is 2.25. The van der Waals surface area contributed by atoms with Gasteiger partial charge in [0, 0.05) is 37.8 Å². The van der Waals surface area contributed by atoms with Gasteiger partial charge in [0.05, 0.1) is 14.2 Å². The monoisotopic (exact) mass is 390 g/mol. The fourth-order valence-electron chi connectivity index (χ4n) is 2.88. The number of nitrogens with zero attached hydrogens (tertiary/aromatic N) is 2. The number of carbonyl (C=O) groups excluding carboxylic acids is 2. The molecule has 2 rings (SSSR count). The van der Waals surface area contributed by atoms with Crippen LogP contribution in [0.2, 0.25) is 0 Å². The predicted molar refractivity (Wildman–Crippen MR) is 108 cm³/mol. The Morgan fingerprint density at radius 1 is 1.00 bits per heavy atom. The van der Waals surface area contributed by atoms with Crippen LogP contribution in [0.3, 0.4) is 0 Å². The van der Waals surface area contributed by atoms with Crippen molar-refractivity contribution in [3.8, 4) is 11.5 Å². The molecule has 0 radical (unpaired) electrons. The average Bonchev–Trinajstić information content (AvgIpc) is 2.90. The molecule has 2 amide bonds. The van der Waals surface area contributed by atoms with E-state index in [0.717, 1.165) is 5.56 Å². The molecule has 0 atom stereocenters. The Kier molecular flexibility index (Phi) is 7.31. The molecule has 7 nitrogen and oxygen atoms in total. The molecule has 1 aromatic carbocycles. The zero-order valence-electron chi connectivity index (χ0n) is 17.4. The van der Waals surface area contributed by atoms with Crippen molar-refractivity contribution in [2.45, 2.75) is 32.8 Å². The van der Waals surface area contributed by atoms with Gasteiger partial charge in [0.25, 0.3) is 0 Å². The van der Waals surface area contributed by atoms with Gasteiger partial charge in [-0.1, -0.05) is 0 Å². The second-order valence-electron chi connectivity index (χ2n) is 7.59. The molecule has 28 heavy (non-hydrogen) atoms. The van der Waals surface area contributed by atoms with Gasteiger partial charge in [0.1, 0.15) is 17.1 Å².